The molecule has 0 aliphatic heterocycles. The average Bonchev–Trinajstić information content (AvgIpc) is 2.99. The number of alkyl carbamates (subject to hydrolysis) is 1. The van der Waals surface area contributed by atoms with Crippen LogP contribution in [0.4, 0.5) is 4.79 Å². The highest BCUT2D eigenvalue weighted by Crippen LogP contribution is 2.44. The molecule has 1 aliphatic carbocycles. The van der Waals surface area contributed by atoms with Gasteiger partial charge >= 0.3 is 6.09 Å². The fraction of sp³-hybridized carbons (Fsp3) is 0.136. The van der Waals surface area contributed by atoms with Gasteiger partial charge in [-0.1, -0.05) is 78.9 Å². The quantitative estimate of drug-likeness (QED) is 0.752. The van der Waals surface area contributed by atoms with Crippen LogP contribution in [0.3, 0.4) is 0 Å². The van der Waals surface area contributed by atoms with E-state index in [4.69, 9.17) is 4.74 Å². The molecule has 1 N–H and O–H groups in total. The lowest BCUT2D eigenvalue weighted by atomic mass is 9.98. The van der Waals surface area contributed by atoms with Gasteiger partial charge in [0.1, 0.15) is 6.61 Å². The van der Waals surface area contributed by atoms with E-state index in [0.29, 0.717) is 13.2 Å². The average molecular weight is 329 g/mol. The van der Waals surface area contributed by atoms with Crippen molar-refractivity contribution in [3.63, 3.8) is 0 Å². The first-order chi connectivity index (χ1) is 12.3. The molecule has 3 aromatic carbocycles. The molecule has 0 bridgehead atoms. The van der Waals surface area contributed by atoms with Crippen LogP contribution in [-0.4, -0.2) is 12.7 Å². The van der Waals surface area contributed by atoms with E-state index in [1.165, 1.54) is 22.3 Å². The van der Waals surface area contributed by atoms with E-state index >= 15 is 0 Å². The second-order valence-corrected chi connectivity index (χ2v) is 6.16. The van der Waals surface area contributed by atoms with Gasteiger partial charge in [0.05, 0.1) is 0 Å². The fourth-order valence-electron chi connectivity index (χ4n) is 3.42. The summed E-state index contributed by atoms with van der Waals surface area (Å²) in [6.45, 7) is 0.812. The Morgan fingerprint density at radius 2 is 1.36 bits per heavy atom. The van der Waals surface area contributed by atoms with Crippen molar-refractivity contribution in [3.8, 4) is 11.1 Å². The molecule has 3 aromatic rings. The van der Waals surface area contributed by atoms with Crippen LogP contribution in [0.2, 0.25) is 0 Å². The standard InChI is InChI=1S/C22H19NO2/c24-22(23-14-16-8-2-1-3-9-16)25-15-21-19-12-6-4-10-17(19)18-11-5-7-13-20(18)21/h1-13,21H,14-15H2,(H,23,24). The number of carbonyl (C=O) groups is 1. The molecule has 0 atom stereocenters. The SMILES string of the molecule is O=C(NCc1ccccc1)OCC1c2ccccc2-c2ccccc21. The van der Waals surface area contributed by atoms with Gasteiger partial charge < -0.3 is 10.1 Å². The van der Waals surface area contributed by atoms with Crippen LogP contribution >= 0.6 is 0 Å². The third kappa shape index (κ3) is 3.13. The second-order valence-electron chi connectivity index (χ2n) is 6.16. The number of ether oxygens (including phenoxy) is 1. The lowest BCUT2D eigenvalue weighted by molar-refractivity contribution is 0.142. The summed E-state index contributed by atoms with van der Waals surface area (Å²) in [7, 11) is 0. The van der Waals surface area contributed by atoms with Crippen LogP contribution in [0.15, 0.2) is 78.9 Å². The number of hydrogen-bond acceptors (Lipinski definition) is 2. The molecule has 0 unspecified atom stereocenters. The minimum Gasteiger partial charge on any atom is -0.449 e. The molecule has 3 nitrogen and oxygen atoms in total. The Hall–Kier alpha value is -3.07. The summed E-state index contributed by atoms with van der Waals surface area (Å²) in [6, 6.07) is 26.5. The maximum atomic E-state index is 12.1. The van der Waals surface area contributed by atoms with E-state index in [-0.39, 0.29) is 12.0 Å². The maximum Gasteiger partial charge on any atom is 0.407 e. The number of carbonyl (C=O) groups excluding carboxylic acids is 1. The number of hydrogen-bond donors (Lipinski definition) is 1. The number of benzene rings is 3. The Bertz CT molecular complexity index is 844. The van der Waals surface area contributed by atoms with Crippen molar-refractivity contribution in [1.82, 2.24) is 5.32 Å². The monoisotopic (exact) mass is 329 g/mol. The Morgan fingerprint density at radius 3 is 2.00 bits per heavy atom. The van der Waals surface area contributed by atoms with E-state index in [2.05, 4.69) is 29.6 Å². The Labute approximate surface area is 147 Å². The summed E-state index contributed by atoms with van der Waals surface area (Å²) < 4.78 is 5.51. The van der Waals surface area contributed by atoms with E-state index < -0.39 is 0 Å². The molecule has 0 saturated carbocycles. The van der Waals surface area contributed by atoms with Crippen LogP contribution in [0.5, 0.6) is 0 Å². The minimum absolute atomic E-state index is 0.0925. The fourth-order valence-corrected chi connectivity index (χ4v) is 3.42. The zero-order valence-corrected chi connectivity index (χ0v) is 13.8. The topological polar surface area (TPSA) is 38.3 Å². The number of amides is 1. The molecule has 3 heteroatoms. The summed E-state index contributed by atoms with van der Waals surface area (Å²) in [4.78, 5) is 12.1. The largest absolute Gasteiger partial charge is 0.449 e. The van der Waals surface area contributed by atoms with E-state index in [9.17, 15) is 4.79 Å². The van der Waals surface area contributed by atoms with Crippen molar-refractivity contribution in [2.24, 2.45) is 0 Å². The van der Waals surface area contributed by atoms with Crippen molar-refractivity contribution in [2.45, 2.75) is 12.5 Å². The Morgan fingerprint density at radius 1 is 0.800 bits per heavy atom. The van der Waals surface area contributed by atoms with Gasteiger partial charge in [-0.25, -0.2) is 4.79 Å². The van der Waals surface area contributed by atoms with Gasteiger partial charge in [-0.2, -0.15) is 0 Å². The first kappa shape index (κ1) is 15.5. The Kier molecular flexibility index (Phi) is 4.21. The lowest BCUT2D eigenvalue weighted by Gasteiger charge is -2.14. The first-order valence-electron chi connectivity index (χ1n) is 8.46. The molecule has 0 radical (unpaired) electrons. The van der Waals surface area contributed by atoms with Gasteiger partial charge in [0, 0.05) is 12.5 Å². The normalized spacial score (nSPS) is 12.3. The molecule has 0 aromatic heterocycles. The number of fused-ring (bicyclic) bond motifs is 3. The van der Waals surface area contributed by atoms with Gasteiger partial charge in [-0.05, 0) is 27.8 Å². The molecule has 0 heterocycles. The first-order valence-corrected chi connectivity index (χ1v) is 8.46. The van der Waals surface area contributed by atoms with Crippen LogP contribution in [0.25, 0.3) is 11.1 Å². The predicted octanol–water partition coefficient (Wildman–Crippen LogP) is 4.73. The van der Waals surface area contributed by atoms with Crippen LogP contribution < -0.4 is 5.32 Å². The number of rotatable bonds is 4. The second kappa shape index (κ2) is 6.81. The van der Waals surface area contributed by atoms with Crippen molar-refractivity contribution in [2.75, 3.05) is 6.61 Å². The summed E-state index contributed by atoms with van der Waals surface area (Å²) in [5.74, 6) is 0.0925. The zero-order valence-electron chi connectivity index (χ0n) is 13.8. The molecule has 0 saturated heterocycles. The van der Waals surface area contributed by atoms with Gasteiger partial charge in [-0.3, -0.25) is 0 Å². The van der Waals surface area contributed by atoms with Crippen LogP contribution in [-0.2, 0) is 11.3 Å². The van der Waals surface area contributed by atoms with Crippen LogP contribution in [0.1, 0.15) is 22.6 Å². The molecule has 124 valence electrons. The lowest BCUT2D eigenvalue weighted by Crippen LogP contribution is -2.25. The highest BCUT2D eigenvalue weighted by Gasteiger charge is 2.28. The molecule has 0 fully saturated rings. The summed E-state index contributed by atoms with van der Waals surface area (Å²) in [6.07, 6.45) is -0.384. The van der Waals surface area contributed by atoms with Crippen molar-refractivity contribution < 1.29 is 9.53 Å². The van der Waals surface area contributed by atoms with Crippen molar-refractivity contribution >= 4 is 6.09 Å². The summed E-state index contributed by atoms with van der Waals surface area (Å²) in [5, 5.41) is 2.81. The Balaban J connectivity index is 1.43. The third-order valence-electron chi connectivity index (χ3n) is 4.62. The molecule has 1 aliphatic rings. The minimum atomic E-state index is -0.384. The van der Waals surface area contributed by atoms with E-state index in [0.717, 1.165) is 5.56 Å². The number of nitrogens with one attached hydrogen (secondary N) is 1. The smallest absolute Gasteiger partial charge is 0.407 e. The van der Waals surface area contributed by atoms with Crippen LogP contribution in [0, 0.1) is 0 Å². The zero-order chi connectivity index (χ0) is 17.1. The van der Waals surface area contributed by atoms with Gasteiger partial charge in [0.2, 0.25) is 0 Å². The molecule has 1 amide bonds. The molecule has 4 rings (SSSR count). The van der Waals surface area contributed by atoms with Gasteiger partial charge in [-0.15, -0.1) is 0 Å². The molecular weight excluding hydrogens is 310 g/mol. The highest BCUT2D eigenvalue weighted by atomic mass is 16.5. The van der Waals surface area contributed by atoms with Crippen molar-refractivity contribution in [1.29, 1.82) is 0 Å². The highest BCUT2D eigenvalue weighted by molar-refractivity contribution is 5.79. The molecule has 25 heavy (non-hydrogen) atoms. The van der Waals surface area contributed by atoms with Gasteiger partial charge in [0.15, 0.2) is 0 Å². The maximum absolute atomic E-state index is 12.1. The predicted molar refractivity (Wildman–Crippen MR) is 98.4 cm³/mol. The summed E-state index contributed by atoms with van der Waals surface area (Å²) >= 11 is 0. The van der Waals surface area contributed by atoms with Crippen molar-refractivity contribution in [3.05, 3.63) is 95.6 Å². The third-order valence-corrected chi connectivity index (χ3v) is 4.62. The van der Waals surface area contributed by atoms with E-state index in [1.807, 2.05) is 54.6 Å². The summed E-state index contributed by atoms with van der Waals surface area (Å²) in [5.41, 5.74) is 5.96. The molecular formula is C22H19NO2. The van der Waals surface area contributed by atoms with E-state index in [1.54, 1.807) is 0 Å². The van der Waals surface area contributed by atoms with Gasteiger partial charge in [0.25, 0.3) is 0 Å². The molecule has 0 spiro atoms.